The summed E-state index contributed by atoms with van der Waals surface area (Å²) in [6.45, 7) is 0.116. The van der Waals surface area contributed by atoms with E-state index < -0.39 is 0 Å². The average molecular weight is 298 g/mol. The molecular weight excluding hydrogens is 284 g/mol. The van der Waals surface area contributed by atoms with Gasteiger partial charge < -0.3 is 10.4 Å². The lowest BCUT2D eigenvalue weighted by molar-refractivity contribution is 0.0942. The molecule has 0 saturated carbocycles. The minimum atomic E-state index is -0.235. The van der Waals surface area contributed by atoms with Crippen LogP contribution in [0, 0.1) is 11.3 Å². The van der Waals surface area contributed by atoms with Crippen molar-refractivity contribution < 1.29 is 9.90 Å². The van der Waals surface area contributed by atoms with Crippen LogP contribution in [0.25, 0.3) is 0 Å². The third-order valence-electron chi connectivity index (χ3n) is 2.76. The van der Waals surface area contributed by atoms with Gasteiger partial charge in [0.15, 0.2) is 0 Å². The zero-order valence-electron chi connectivity index (χ0n) is 11.2. The Labute approximate surface area is 127 Å². The lowest BCUT2D eigenvalue weighted by Crippen LogP contribution is -2.26. The van der Waals surface area contributed by atoms with Crippen molar-refractivity contribution in [1.29, 1.82) is 5.26 Å². The van der Waals surface area contributed by atoms with Gasteiger partial charge in [-0.2, -0.15) is 5.26 Å². The molecule has 2 rings (SSSR count). The summed E-state index contributed by atoms with van der Waals surface area (Å²) in [5.74, 6) is -0.235. The van der Waals surface area contributed by atoms with Crippen LogP contribution in [0.15, 0.2) is 58.3 Å². The molecule has 0 atom stereocenters. The maximum Gasteiger partial charge on any atom is 0.252 e. The van der Waals surface area contributed by atoms with E-state index in [1.807, 2.05) is 30.3 Å². The molecule has 5 heteroatoms. The maximum absolute atomic E-state index is 12.1. The number of aliphatic hydroxyl groups excluding tert-OH is 1. The van der Waals surface area contributed by atoms with E-state index in [9.17, 15) is 4.79 Å². The van der Waals surface area contributed by atoms with E-state index in [1.165, 1.54) is 11.8 Å². The highest BCUT2D eigenvalue weighted by Gasteiger charge is 2.12. The maximum atomic E-state index is 12.1. The summed E-state index contributed by atoms with van der Waals surface area (Å²) in [5.41, 5.74) is 1.11. The van der Waals surface area contributed by atoms with E-state index in [-0.39, 0.29) is 19.1 Å². The molecule has 0 unspecified atom stereocenters. The topological polar surface area (TPSA) is 73.1 Å². The van der Waals surface area contributed by atoms with Gasteiger partial charge in [-0.15, -0.1) is 0 Å². The predicted octanol–water partition coefficient (Wildman–Crippen LogP) is 2.43. The third-order valence-corrected chi connectivity index (χ3v) is 3.91. The lowest BCUT2D eigenvalue weighted by Gasteiger charge is -2.10. The van der Waals surface area contributed by atoms with E-state index in [4.69, 9.17) is 10.4 Å². The summed E-state index contributed by atoms with van der Waals surface area (Å²) >= 11 is 1.38. The molecule has 0 aliphatic carbocycles. The number of nitrogens with one attached hydrogen (secondary N) is 1. The molecule has 2 aromatic carbocycles. The van der Waals surface area contributed by atoms with Crippen molar-refractivity contribution in [3.05, 3.63) is 59.7 Å². The van der Waals surface area contributed by atoms with Gasteiger partial charge in [-0.3, -0.25) is 4.79 Å². The number of nitriles is 1. The highest BCUT2D eigenvalue weighted by Crippen LogP contribution is 2.32. The van der Waals surface area contributed by atoms with Crippen LogP contribution in [0.3, 0.4) is 0 Å². The van der Waals surface area contributed by atoms with E-state index in [1.54, 1.807) is 18.2 Å². The summed E-state index contributed by atoms with van der Waals surface area (Å²) in [7, 11) is 0. The highest BCUT2D eigenvalue weighted by atomic mass is 32.2. The quantitative estimate of drug-likeness (QED) is 0.889. The van der Waals surface area contributed by atoms with Crippen LogP contribution in [0.4, 0.5) is 0 Å². The molecule has 0 saturated heterocycles. The van der Waals surface area contributed by atoms with Gasteiger partial charge in [-0.05, 0) is 24.3 Å². The van der Waals surface area contributed by atoms with Crippen LogP contribution >= 0.6 is 11.8 Å². The van der Waals surface area contributed by atoms with Crippen LogP contribution in [-0.4, -0.2) is 24.2 Å². The molecule has 0 fully saturated rings. The molecule has 0 aromatic heterocycles. The van der Waals surface area contributed by atoms with Crippen molar-refractivity contribution in [2.75, 3.05) is 13.2 Å². The zero-order valence-corrected chi connectivity index (χ0v) is 12.1. The number of amides is 1. The second-order valence-electron chi connectivity index (χ2n) is 4.19. The van der Waals surface area contributed by atoms with Crippen molar-refractivity contribution in [2.24, 2.45) is 0 Å². The van der Waals surface area contributed by atoms with Gasteiger partial charge in [-0.25, -0.2) is 0 Å². The molecule has 0 heterocycles. The van der Waals surface area contributed by atoms with Gasteiger partial charge >= 0.3 is 0 Å². The molecule has 0 radical (unpaired) electrons. The number of carbonyl (C=O) groups is 1. The Bertz CT molecular complexity index is 680. The zero-order chi connectivity index (χ0) is 15.1. The molecule has 2 N–H and O–H groups in total. The van der Waals surface area contributed by atoms with Gasteiger partial charge in [0.25, 0.3) is 5.91 Å². The van der Waals surface area contributed by atoms with Crippen molar-refractivity contribution in [1.82, 2.24) is 5.32 Å². The number of hydrogen-bond acceptors (Lipinski definition) is 4. The molecule has 0 aliphatic heterocycles. The first-order chi connectivity index (χ1) is 10.3. The van der Waals surface area contributed by atoms with Crippen LogP contribution < -0.4 is 5.32 Å². The third kappa shape index (κ3) is 3.85. The average Bonchev–Trinajstić information content (AvgIpc) is 2.53. The summed E-state index contributed by atoms with van der Waals surface area (Å²) < 4.78 is 0. The monoisotopic (exact) mass is 298 g/mol. The normalized spacial score (nSPS) is 9.90. The smallest absolute Gasteiger partial charge is 0.252 e. The number of nitrogens with zero attached hydrogens (tertiary/aromatic N) is 1. The van der Waals surface area contributed by atoms with Crippen molar-refractivity contribution >= 4 is 17.7 Å². The summed E-state index contributed by atoms with van der Waals surface area (Å²) in [6, 6.07) is 16.6. The lowest BCUT2D eigenvalue weighted by atomic mass is 10.2. The largest absolute Gasteiger partial charge is 0.395 e. The van der Waals surface area contributed by atoms with E-state index >= 15 is 0 Å². The molecule has 0 bridgehead atoms. The first-order valence-electron chi connectivity index (χ1n) is 6.41. The van der Waals surface area contributed by atoms with E-state index in [2.05, 4.69) is 11.4 Å². The van der Waals surface area contributed by atoms with E-state index in [0.29, 0.717) is 11.1 Å². The summed E-state index contributed by atoms with van der Waals surface area (Å²) in [5, 5.41) is 20.5. The Morgan fingerprint density at radius 3 is 2.52 bits per heavy atom. The summed E-state index contributed by atoms with van der Waals surface area (Å²) in [4.78, 5) is 13.7. The van der Waals surface area contributed by atoms with Gasteiger partial charge in [-0.1, -0.05) is 36.0 Å². The molecule has 4 nitrogen and oxygen atoms in total. The number of hydrogen-bond donors (Lipinski definition) is 2. The first-order valence-corrected chi connectivity index (χ1v) is 7.23. The fraction of sp³-hybridized carbons (Fsp3) is 0.125. The highest BCUT2D eigenvalue weighted by molar-refractivity contribution is 7.99. The Balaban J connectivity index is 2.29. The minimum absolute atomic E-state index is 0.0989. The van der Waals surface area contributed by atoms with Gasteiger partial charge in [0.1, 0.15) is 6.07 Å². The fourth-order valence-electron chi connectivity index (χ4n) is 1.77. The van der Waals surface area contributed by atoms with Crippen LogP contribution in [0.2, 0.25) is 0 Å². The number of aliphatic hydroxyl groups is 1. The Morgan fingerprint density at radius 1 is 1.14 bits per heavy atom. The number of carbonyl (C=O) groups excluding carboxylic acids is 1. The molecule has 0 aliphatic rings. The van der Waals surface area contributed by atoms with E-state index in [0.717, 1.165) is 9.79 Å². The molecule has 1 amide bonds. The second-order valence-corrected chi connectivity index (χ2v) is 5.27. The van der Waals surface area contributed by atoms with Crippen molar-refractivity contribution in [3.8, 4) is 6.07 Å². The molecule has 106 valence electrons. The molecular formula is C16H14N2O2S. The standard InChI is InChI=1S/C16H14N2O2S/c17-11-12-5-1-3-7-14(12)21-15-8-4-2-6-13(15)16(20)18-9-10-19/h1-8,19H,9-10H2,(H,18,20). The second kappa shape index (κ2) is 7.48. The van der Waals surface area contributed by atoms with Crippen LogP contribution in [0.1, 0.15) is 15.9 Å². The fourth-order valence-corrected chi connectivity index (χ4v) is 2.80. The molecule has 2 aromatic rings. The van der Waals surface area contributed by atoms with Gasteiger partial charge in [0.05, 0.1) is 17.7 Å². The Kier molecular flexibility index (Phi) is 5.38. The van der Waals surface area contributed by atoms with Crippen LogP contribution in [-0.2, 0) is 0 Å². The first kappa shape index (κ1) is 15.1. The Morgan fingerprint density at radius 2 is 1.81 bits per heavy atom. The van der Waals surface area contributed by atoms with Crippen molar-refractivity contribution in [2.45, 2.75) is 9.79 Å². The minimum Gasteiger partial charge on any atom is -0.395 e. The van der Waals surface area contributed by atoms with Gasteiger partial charge in [0.2, 0.25) is 0 Å². The number of rotatable bonds is 5. The van der Waals surface area contributed by atoms with Crippen molar-refractivity contribution in [3.63, 3.8) is 0 Å². The SMILES string of the molecule is N#Cc1ccccc1Sc1ccccc1C(=O)NCCO. The molecule has 0 spiro atoms. The number of benzene rings is 2. The molecule has 21 heavy (non-hydrogen) atoms. The van der Waals surface area contributed by atoms with Gasteiger partial charge in [0, 0.05) is 16.3 Å². The van der Waals surface area contributed by atoms with Crippen LogP contribution in [0.5, 0.6) is 0 Å². The predicted molar refractivity (Wildman–Crippen MR) is 81.1 cm³/mol. The summed E-state index contributed by atoms with van der Waals surface area (Å²) in [6.07, 6.45) is 0. The Hall–Kier alpha value is -2.29.